The molecule has 0 radical (unpaired) electrons. The standard InChI is InChI=1S/C23H28N4O2/c1-3-25-13-15-26(16-14-25)17-22-24-19-10-6-5-9-18(19)23(28)27(22)20-11-7-8-12-21(20)29-4-2/h5-12H,3-4,13-17H2,1-2H3. The van der Waals surface area contributed by atoms with Crippen molar-refractivity contribution in [3.63, 3.8) is 0 Å². The molecule has 0 atom stereocenters. The molecule has 1 fully saturated rings. The van der Waals surface area contributed by atoms with Gasteiger partial charge in [0.2, 0.25) is 0 Å². The van der Waals surface area contributed by atoms with Gasteiger partial charge in [0.1, 0.15) is 11.6 Å². The third-order valence-electron chi connectivity index (χ3n) is 5.53. The SMILES string of the molecule is CCOc1ccccc1-n1c(CN2CCN(CC)CC2)nc2ccccc2c1=O. The van der Waals surface area contributed by atoms with Crippen molar-refractivity contribution in [2.75, 3.05) is 39.3 Å². The predicted octanol–water partition coefficient (Wildman–Crippen LogP) is 2.92. The number of hydrogen-bond acceptors (Lipinski definition) is 5. The van der Waals surface area contributed by atoms with Crippen molar-refractivity contribution < 1.29 is 4.74 Å². The van der Waals surface area contributed by atoms with Crippen LogP contribution < -0.4 is 10.3 Å². The Hall–Kier alpha value is -2.70. The first-order valence-electron chi connectivity index (χ1n) is 10.4. The largest absolute Gasteiger partial charge is 0.492 e. The van der Waals surface area contributed by atoms with E-state index in [0.29, 0.717) is 24.3 Å². The van der Waals surface area contributed by atoms with Gasteiger partial charge in [-0.1, -0.05) is 31.2 Å². The summed E-state index contributed by atoms with van der Waals surface area (Å²) in [5.41, 5.74) is 1.44. The molecule has 29 heavy (non-hydrogen) atoms. The Morgan fingerprint density at radius 3 is 2.38 bits per heavy atom. The van der Waals surface area contributed by atoms with Crippen LogP contribution in [0.2, 0.25) is 0 Å². The van der Waals surface area contributed by atoms with Crippen molar-refractivity contribution in [1.29, 1.82) is 0 Å². The molecule has 0 N–H and O–H groups in total. The van der Waals surface area contributed by atoms with Gasteiger partial charge in [0.05, 0.1) is 29.7 Å². The highest BCUT2D eigenvalue weighted by Gasteiger charge is 2.21. The molecule has 1 saturated heterocycles. The second kappa shape index (κ2) is 8.76. The summed E-state index contributed by atoms with van der Waals surface area (Å²) in [7, 11) is 0. The molecule has 0 bridgehead atoms. The molecule has 1 aliphatic heterocycles. The van der Waals surface area contributed by atoms with Crippen molar-refractivity contribution in [1.82, 2.24) is 19.4 Å². The normalized spacial score (nSPS) is 15.7. The molecule has 1 aliphatic rings. The molecule has 1 aromatic heterocycles. The molecule has 0 unspecified atom stereocenters. The predicted molar refractivity (Wildman–Crippen MR) is 116 cm³/mol. The molecule has 0 aliphatic carbocycles. The summed E-state index contributed by atoms with van der Waals surface area (Å²) in [6.45, 7) is 10.4. The van der Waals surface area contributed by atoms with Gasteiger partial charge in [-0.15, -0.1) is 0 Å². The van der Waals surface area contributed by atoms with Crippen molar-refractivity contribution in [2.24, 2.45) is 0 Å². The summed E-state index contributed by atoms with van der Waals surface area (Å²) in [5, 5.41) is 0.623. The van der Waals surface area contributed by atoms with E-state index in [-0.39, 0.29) is 5.56 Å². The quantitative estimate of drug-likeness (QED) is 0.646. The number of benzene rings is 2. The summed E-state index contributed by atoms with van der Waals surface area (Å²) >= 11 is 0. The first kappa shape index (κ1) is 19.6. The Kier molecular flexibility index (Phi) is 5.92. The Morgan fingerprint density at radius 1 is 0.931 bits per heavy atom. The molecule has 2 heterocycles. The lowest BCUT2D eigenvalue weighted by Gasteiger charge is -2.34. The molecule has 4 rings (SSSR count). The van der Waals surface area contributed by atoms with Crippen LogP contribution in [0.1, 0.15) is 19.7 Å². The molecule has 6 heteroatoms. The van der Waals surface area contributed by atoms with E-state index in [0.717, 1.165) is 49.8 Å². The van der Waals surface area contributed by atoms with Gasteiger partial charge in [-0.05, 0) is 37.7 Å². The van der Waals surface area contributed by atoms with Gasteiger partial charge in [0, 0.05) is 26.2 Å². The maximum Gasteiger partial charge on any atom is 0.266 e. The second-order valence-corrected chi connectivity index (χ2v) is 7.30. The average molecular weight is 393 g/mol. The maximum absolute atomic E-state index is 13.5. The Morgan fingerprint density at radius 2 is 1.62 bits per heavy atom. The highest BCUT2D eigenvalue weighted by atomic mass is 16.5. The van der Waals surface area contributed by atoms with Crippen LogP contribution in [0.15, 0.2) is 53.3 Å². The molecule has 0 saturated carbocycles. The lowest BCUT2D eigenvalue weighted by atomic mass is 10.2. The molecule has 152 valence electrons. The first-order valence-corrected chi connectivity index (χ1v) is 10.4. The zero-order chi connectivity index (χ0) is 20.2. The summed E-state index contributed by atoms with van der Waals surface area (Å²) < 4.78 is 7.56. The minimum absolute atomic E-state index is 0.0510. The van der Waals surface area contributed by atoms with Crippen LogP contribution in [0.25, 0.3) is 16.6 Å². The average Bonchev–Trinajstić information content (AvgIpc) is 2.76. The van der Waals surface area contributed by atoms with Crippen LogP contribution in [-0.2, 0) is 6.54 Å². The van der Waals surface area contributed by atoms with E-state index in [1.54, 1.807) is 4.57 Å². The molecular weight excluding hydrogens is 364 g/mol. The monoisotopic (exact) mass is 392 g/mol. The summed E-state index contributed by atoms with van der Waals surface area (Å²) in [5.74, 6) is 1.46. The zero-order valence-electron chi connectivity index (χ0n) is 17.2. The minimum Gasteiger partial charge on any atom is -0.492 e. The number of para-hydroxylation sites is 3. The van der Waals surface area contributed by atoms with E-state index in [2.05, 4.69) is 16.7 Å². The van der Waals surface area contributed by atoms with Crippen LogP contribution >= 0.6 is 0 Å². The Labute approximate surface area is 171 Å². The number of fused-ring (bicyclic) bond motifs is 1. The van der Waals surface area contributed by atoms with E-state index in [4.69, 9.17) is 9.72 Å². The molecule has 0 amide bonds. The fraction of sp³-hybridized carbons (Fsp3) is 0.391. The Bertz CT molecular complexity index is 1040. The van der Waals surface area contributed by atoms with Gasteiger partial charge in [-0.3, -0.25) is 14.3 Å². The lowest BCUT2D eigenvalue weighted by Crippen LogP contribution is -2.46. The van der Waals surface area contributed by atoms with Gasteiger partial charge in [-0.2, -0.15) is 0 Å². The second-order valence-electron chi connectivity index (χ2n) is 7.30. The summed E-state index contributed by atoms with van der Waals surface area (Å²) in [6.07, 6.45) is 0. The van der Waals surface area contributed by atoms with E-state index < -0.39 is 0 Å². The van der Waals surface area contributed by atoms with Crippen LogP contribution in [-0.4, -0.2) is 58.7 Å². The summed E-state index contributed by atoms with van der Waals surface area (Å²) in [4.78, 5) is 23.2. The highest BCUT2D eigenvalue weighted by molar-refractivity contribution is 5.78. The van der Waals surface area contributed by atoms with Gasteiger partial charge in [0.15, 0.2) is 0 Å². The fourth-order valence-corrected chi connectivity index (χ4v) is 3.92. The molecule has 2 aromatic carbocycles. The van der Waals surface area contributed by atoms with Gasteiger partial charge < -0.3 is 9.64 Å². The molecule has 0 spiro atoms. The van der Waals surface area contributed by atoms with Gasteiger partial charge in [0.25, 0.3) is 5.56 Å². The fourth-order valence-electron chi connectivity index (χ4n) is 3.92. The van der Waals surface area contributed by atoms with E-state index >= 15 is 0 Å². The van der Waals surface area contributed by atoms with Gasteiger partial charge >= 0.3 is 0 Å². The number of nitrogens with zero attached hydrogens (tertiary/aromatic N) is 4. The van der Waals surface area contributed by atoms with Crippen LogP contribution in [0.5, 0.6) is 5.75 Å². The van der Waals surface area contributed by atoms with Crippen molar-refractivity contribution >= 4 is 10.9 Å². The van der Waals surface area contributed by atoms with Crippen LogP contribution in [0.4, 0.5) is 0 Å². The minimum atomic E-state index is -0.0510. The number of likely N-dealkylation sites (N-methyl/N-ethyl adjacent to an activating group) is 1. The van der Waals surface area contributed by atoms with Gasteiger partial charge in [-0.25, -0.2) is 4.98 Å². The smallest absolute Gasteiger partial charge is 0.266 e. The number of aromatic nitrogens is 2. The molecule has 6 nitrogen and oxygen atoms in total. The van der Waals surface area contributed by atoms with Crippen molar-refractivity contribution in [3.8, 4) is 11.4 Å². The number of ether oxygens (including phenoxy) is 1. The van der Waals surface area contributed by atoms with Crippen molar-refractivity contribution in [3.05, 3.63) is 64.7 Å². The maximum atomic E-state index is 13.5. The third kappa shape index (κ3) is 4.04. The number of hydrogen-bond donors (Lipinski definition) is 0. The van der Waals surface area contributed by atoms with E-state index in [1.165, 1.54) is 0 Å². The molecular formula is C23H28N4O2. The Balaban J connectivity index is 1.81. The zero-order valence-corrected chi connectivity index (χ0v) is 17.2. The van der Waals surface area contributed by atoms with E-state index in [1.807, 2.05) is 55.5 Å². The molecule has 3 aromatic rings. The summed E-state index contributed by atoms with van der Waals surface area (Å²) in [6, 6.07) is 15.3. The number of rotatable bonds is 6. The van der Waals surface area contributed by atoms with Crippen molar-refractivity contribution in [2.45, 2.75) is 20.4 Å². The van der Waals surface area contributed by atoms with Crippen LogP contribution in [0, 0.1) is 0 Å². The first-order chi connectivity index (χ1) is 14.2. The topological polar surface area (TPSA) is 50.6 Å². The highest BCUT2D eigenvalue weighted by Crippen LogP contribution is 2.24. The number of piperazine rings is 1. The van der Waals surface area contributed by atoms with E-state index in [9.17, 15) is 4.79 Å². The third-order valence-corrected chi connectivity index (χ3v) is 5.53. The lowest BCUT2D eigenvalue weighted by molar-refractivity contribution is 0.129. The van der Waals surface area contributed by atoms with Crippen LogP contribution in [0.3, 0.4) is 0 Å².